The van der Waals surface area contributed by atoms with Gasteiger partial charge >= 0.3 is 0 Å². The second kappa shape index (κ2) is 8.55. The van der Waals surface area contributed by atoms with Crippen LogP contribution in [0, 0.1) is 5.82 Å². The number of methoxy groups -OCH3 is 1. The summed E-state index contributed by atoms with van der Waals surface area (Å²) in [6.45, 7) is 5.91. The summed E-state index contributed by atoms with van der Waals surface area (Å²) in [6.07, 6.45) is 1.78. The maximum absolute atomic E-state index is 13.9. The van der Waals surface area contributed by atoms with Gasteiger partial charge in [-0.2, -0.15) is 0 Å². The van der Waals surface area contributed by atoms with Crippen LogP contribution in [-0.4, -0.2) is 27.8 Å². The third-order valence-electron chi connectivity index (χ3n) is 4.29. The number of benzene rings is 2. The number of nitrogens with zero attached hydrogens (tertiary/aromatic N) is 1. The van der Waals surface area contributed by atoms with Crippen molar-refractivity contribution < 1.29 is 18.7 Å². The van der Waals surface area contributed by atoms with Gasteiger partial charge in [-0.3, -0.25) is 9.69 Å². The second-order valence-electron chi connectivity index (χ2n) is 7.48. The van der Waals surface area contributed by atoms with E-state index in [-0.39, 0.29) is 23.9 Å². The highest BCUT2D eigenvalue weighted by molar-refractivity contribution is 8.26. The zero-order chi connectivity index (χ0) is 21.2. The quantitative estimate of drug-likeness (QED) is 0.467. The Labute approximate surface area is 179 Å². The van der Waals surface area contributed by atoms with E-state index >= 15 is 0 Å². The van der Waals surface area contributed by atoms with Gasteiger partial charge in [-0.15, -0.1) is 0 Å². The Bertz CT molecular complexity index is 982. The largest absolute Gasteiger partial charge is 0.493 e. The molecule has 1 amide bonds. The maximum atomic E-state index is 13.9. The van der Waals surface area contributed by atoms with Crippen LogP contribution in [0.1, 0.15) is 31.9 Å². The monoisotopic (exact) mass is 431 g/mol. The van der Waals surface area contributed by atoms with Crippen LogP contribution in [0.3, 0.4) is 0 Å². The first kappa shape index (κ1) is 21.3. The van der Waals surface area contributed by atoms with Crippen molar-refractivity contribution in [2.75, 3.05) is 7.11 Å². The van der Waals surface area contributed by atoms with E-state index < -0.39 is 0 Å². The van der Waals surface area contributed by atoms with Crippen molar-refractivity contribution in [2.45, 2.75) is 32.9 Å². The molecule has 0 aromatic heterocycles. The van der Waals surface area contributed by atoms with Crippen molar-refractivity contribution in [1.82, 2.24) is 4.90 Å². The molecule has 1 heterocycles. The fraction of sp³-hybridized carbons (Fsp3) is 0.273. The molecule has 0 bridgehead atoms. The van der Waals surface area contributed by atoms with Gasteiger partial charge in [0.15, 0.2) is 11.5 Å². The van der Waals surface area contributed by atoms with Crippen molar-refractivity contribution in [3.63, 3.8) is 0 Å². The molecule has 0 radical (unpaired) electrons. The lowest BCUT2D eigenvalue weighted by Gasteiger charge is -2.30. The summed E-state index contributed by atoms with van der Waals surface area (Å²) < 4.78 is 25.5. The number of thiocarbonyl (C=S) groups is 1. The number of ether oxygens (including phenoxy) is 2. The first-order valence-corrected chi connectivity index (χ1v) is 10.3. The minimum Gasteiger partial charge on any atom is -0.493 e. The van der Waals surface area contributed by atoms with E-state index in [1.807, 2.05) is 26.8 Å². The number of thioether (sulfide) groups is 1. The Balaban J connectivity index is 1.85. The summed E-state index contributed by atoms with van der Waals surface area (Å²) in [5.41, 5.74) is 0.833. The normalized spacial score (nSPS) is 15.9. The van der Waals surface area contributed by atoms with E-state index in [2.05, 4.69) is 0 Å². The Morgan fingerprint density at radius 1 is 1.17 bits per heavy atom. The SMILES string of the molecule is COc1ccc(/C=C2/SC(=S)N(C(C)(C)C)C2=O)cc1OCc1ccccc1F. The standard InChI is InChI=1S/C22H22FNO3S2/c1-22(2,3)24-20(25)19(29-21(24)28)12-14-9-10-17(26-4)18(11-14)27-13-15-7-5-6-8-16(15)23/h5-12H,13H2,1-4H3/b19-12+. The Morgan fingerprint density at radius 2 is 1.90 bits per heavy atom. The topological polar surface area (TPSA) is 38.8 Å². The summed E-state index contributed by atoms with van der Waals surface area (Å²) in [7, 11) is 1.54. The third kappa shape index (κ3) is 4.79. The molecule has 0 aliphatic carbocycles. The molecule has 0 spiro atoms. The van der Waals surface area contributed by atoms with Crippen LogP contribution in [0.15, 0.2) is 47.4 Å². The number of carbonyl (C=O) groups excluding carboxylic acids is 1. The Hall–Kier alpha value is -2.38. The van der Waals surface area contributed by atoms with Crippen molar-refractivity contribution in [3.05, 3.63) is 64.3 Å². The molecule has 29 heavy (non-hydrogen) atoms. The molecular formula is C22H22FNO3S2. The maximum Gasteiger partial charge on any atom is 0.266 e. The molecule has 0 saturated carbocycles. The lowest BCUT2D eigenvalue weighted by atomic mass is 10.1. The molecule has 0 unspecified atom stereocenters. The molecule has 2 aromatic rings. The van der Waals surface area contributed by atoms with Gasteiger partial charge in [0.1, 0.15) is 16.7 Å². The predicted molar refractivity (Wildman–Crippen MR) is 118 cm³/mol. The molecule has 152 valence electrons. The lowest BCUT2D eigenvalue weighted by molar-refractivity contribution is -0.125. The number of halogens is 1. The first-order valence-electron chi connectivity index (χ1n) is 9.03. The highest BCUT2D eigenvalue weighted by atomic mass is 32.2. The van der Waals surface area contributed by atoms with E-state index in [4.69, 9.17) is 21.7 Å². The summed E-state index contributed by atoms with van der Waals surface area (Å²) in [5, 5.41) is 0. The van der Waals surface area contributed by atoms with Crippen LogP contribution in [0.4, 0.5) is 4.39 Å². The zero-order valence-electron chi connectivity index (χ0n) is 16.7. The average Bonchev–Trinajstić information content (AvgIpc) is 2.94. The molecule has 3 rings (SSSR count). The summed E-state index contributed by atoms with van der Waals surface area (Å²) in [6, 6.07) is 11.8. The minimum atomic E-state index is -0.384. The van der Waals surface area contributed by atoms with E-state index in [1.54, 1.807) is 48.4 Å². The molecular weight excluding hydrogens is 409 g/mol. The molecule has 1 aliphatic rings. The second-order valence-corrected chi connectivity index (χ2v) is 9.15. The van der Waals surface area contributed by atoms with Crippen molar-refractivity contribution in [3.8, 4) is 11.5 Å². The number of hydrogen-bond donors (Lipinski definition) is 0. The van der Waals surface area contributed by atoms with Gasteiger partial charge in [-0.1, -0.05) is 48.2 Å². The van der Waals surface area contributed by atoms with Crippen LogP contribution in [0.2, 0.25) is 0 Å². The smallest absolute Gasteiger partial charge is 0.266 e. The summed E-state index contributed by atoms with van der Waals surface area (Å²) in [5.74, 6) is 0.558. The fourth-order valence-electron chi connectivity index (χ4n) is 2.86. The van der Waals surface area contributed by atoms with Gasteiger partial charge in [0, 0.05) is 11.1 Å². The third-order valence-corrected chi connectivity index (χ3v) is 5.59. The highest BCUT2D eigenvalue weighted by Gasteiger charge is 2.39. The first-order chi connectivity index (χ1) is 13.7. The molecule has 2 aromatic carbocycles. The van der Waals surface area contributed by atoms with Crippen molar-refractivity contribution in [2.24, 2.45) is 0 Å². The number of rotatable bonds is 5. The van der Waals surface area contributed by atoms with Gasteiger partial charge in [-0.05, 0) is 50.6 Å². The molecule has 1 aliphatic heterocycles. The lowest BCUT2D eigenvalue weighted by Crippen LogP contribution is -2.44. The van der Waals surface area contributed by atoms with Crippen molar-refractivity contribution >= 4 is 40.3 Å². The van der Waals surface area contributed by atoms with Crippen LogP contribution in [-0.2, 0) is 11.4 Å². The number of carbonyl (C=O) groups is 1. The van der Waals surface area contributed by atoms with Crippen LogP contribution >= 0.6 is 24.0 Å². The van der Waals surface area contributed by atoms with E-state index in [1.165, 1.54) is 17.8 Å². The van der Waals surface area contributed by atoms with Gasteiger partial charge in [-0.25, -0.2) is 4.39 Å². The fourth-order valence-corrected chi connectivity index (χ4v) is 4.50. The average molecular weight is 432 g/mol. The minimum absolute atomic E-state index is 0.0681. The van der Waals surface area contributed by atoms with Crippen LogP contribution < -0.4 is 9.47 Å². The van der Waals surface area contributed by atoms with E-state index in [0.29, 0.717) is 26.3 Å². The molecule has 0 N–H and O–H groups in total. The van der Waals surface area contributed by atoms with E-state index in [0.717, 1.165) is 5.56 Å². The Morgan fingerprint density at radius 3 is 2.52 bits per heavy atom. The summed E-state index contributed by atoms with van der Waals surface area (Å²) >= 11 is 6.66. The van der Waals surface area contributed by atoms with Gasteiger partial charge < -0.3 is 9.47 Å². The summed E-state index contributed by atoms with van der Waals surface area (Å²) in [4.78, 5) is 14.9. The highest BCUT2D eigenvalue weighted by Crippen LogP contribution is 2.38. The molecule has 7 heteroatoms. The molecule has 0 atom stereocenters. The zero-order valence-corrected chi connectivity index (χ0v) is 18.3. The van der Waals surface area contributed by atoms with E-state index in [9.17, 15) is 9.18 Å². The number of hydrogen-bond acceptors (Lipinski definition) is 5. The van der Waals surface area contributed by atoms with Crippen LogP contribution in [0.25, 0.3) is 6.08 Å². The van der Waals surface area contributed by atoms with Gasteiger partial charge in [0.25, 0.3) is 5.91 Å². The van der Waals surface area contributed by atoms with Gasteiger partial charge in [0.05, 0.1) is 12.0 Å². The molecule has 1 saturated heterocycles. The molecule has 4 nitrogen and oxygen atoms in total. The van der Waals surface area contributed by atoms with Crippen molar-refractivity contribution in [1.29, 1.82) is 0 Å². The number of amides is 1. The predicted octanol–water partition coefficient (Wildman–Crippen LogP) is 5.41. The Kier molecular flexibility index (Phi) is 6.29. The molecule has 1 fully saturated rings. The van der Waals surface area contributed by atoms with Gasteiger partial charge in [0.2, 0.25) is 0 Å². The van der Waals surface area contributed by atoms with Crippen LogP contribution in [0.5, 0.6) is 11.5 Å².